The van der Waals surface area contributed by atoms with E-state index in [1.807, 2.05) is 0 Å². The maximum Gasteiger partial charge on any atom is 0.356 e. The highest BCUT2D eigenvalue weighted by Gasteiger charge is 2.23. The second kappa shape index (κ2) is 3.42. The number of carboxylic acids is 1. The largest absolute Gasteiger partial charge is 0.476 e. The molecule has 0 aliphatic carbocycles. The molecular formula is C9H13N3O2. The highest BCUT2D eigenvalue weighted by Crippen LogP contribution is 2.24. The number of nitrogens with one attached hydrogen (secondary N) is 1. The lowest BCUT2D eigenvalue weighted by Crippen LogP contribution is -2.13. The Labute approximate surface area is 81.7 Å². The fourth-order valence-electron chi connectivity index (χ4n) is 1.84. The first-order valence-electron chi connectivity index (χ1n) is 4.64. The summed E-state index contributed by atoms with van der Waals surface area (Å²) in [5.41, 5.74) is 1.04. The zero-order valence-corrected chi connectivity index (χ0v) is 8.03. The minimum absolute atomic E-state index is 0.106. The number of carbonyl (C=O) groups is 1. The maximum absolute atomic E-state index is 10.6. The summed E-state index contributed by atoms with van der Waals surface area (Å²) in [6, 6.07) is 1.63. The Morgan fingerprint density at radius 2 is 2.57 bits per heavy atom. The van der Waals surface area contributed by atoms with Crippen molar-refractivity contribution >= 4 is 5.97 Å². The molecule has 1 aliphatic rings. The lowest BCUT2D eigenvalue weighted by Gasteiger charge is -2.07. The molecule has 1 aromatic rings. The number of aromatic nitrogens is 2. The summed E-state index contributed by atoms with van der Waals surface area (Å²) < 4.78 is 0. The number of aromatic amines is 1. The van der Waals surface area contributed by atoms with Gasteiger partial charge in [0.15, 0.2) is 5.69 Å². The van der Waals surface area contributed by atoms with E-state index in [4.69, 9.17) is 5.11 Å². The summed E-state index contributed by atoms with van der Waals surface area (Å²) in [5.74, 6) is -0.570. The van der Waals surface area contributed by atoms with Crippen molar-refractivity contribution in [1.82, 2.24) is 15.1 Å². The van der Waals surface area contributed by atoms with E-state index in [1.165, 1.54) is 0 Å². The minimum Gasteiger partial charge on any atom is -0.476 e. The van der Waals surface area contributed by atoms with Gasteiger partial charge in [-0.05, 0) is 26.1 Å². The van der Waals surface area contributed by atoms with Gasteiger partial charge in [0, 0.05) is 18.2 Å². The number of aromatic carboxylic acids is 1. The molecule has 0 radical (unpaired) electrons. The van der Waals surface area contributed by atoms with Gasteiger partial charge < -0.3 is 10.0 Å². The molecule has 0 bridgehead atoms. The lowest BCUT2D eigenvalue weighted by molar-refractivity contribution is 0.0690. The van der Waals surface area contributed by atoms with Crippen LogP contribution in [0.15, 0.2) is 6.07 Å². The third-order valence-corrected chi connectivity index (χ3v) is 2.65. The van der Waals surface area contributed by atoms with Crippen molar-refractivity contribution in [2.75, 3.05) is 20.1 Å². The van der Waals surface area contributed by atoms with Crippen LogP contribution >= 0.6 is 0 Å². The summed E-state index contributed by atoms with van der Waals surface area (Å²) in [7, 11) is 2.06. The van der Waals surface area contributed by atoms with Crippen molar-refractivity contribution in [3.63, 3.8) is 0 Å². The van der Waals surface area contributed by atoms with E-state index in [-0.39, 0.29) is 5.69 Å². The molecule has 1 aromatic heterocycles. The highest BCUT2D eigenvalue weighted by molar-refractivity contribution is 5.85. The lowest BCUT2D eigenvalue weighted by atomic mass is 10.1. The van der Waals surface area contributed by atoms with Gasteiger partial charge in [-0.15, -0.1) is 0 Å². The molecule has 76 valence electrons. The summed E-state index contributed by atoms with van der Waals surface area (Å²) in [6.45, 7) is 2.04. The third kappa shape index (κ3) is 1.63. The smallest absolute Gasteiger partial charge is 0.356 e. The standard InChI is InChI=1S/C9H13N3O2/c1-12-3-2-6(5-12)7-4-8(9(13)14)11-10-7/h4,6H,2-3,5H2,1H3,(H,10,11)(H,13,14). The summed E-state index contributed by atoms with van der Waals surface area (Å²) >= 11 is 0. The number of likely N-dealkylation sites (tertiary alicyclic amines) is 1. The van der Waals surface area contributed by atoms with Crippen LogP contribution in [0.25, 0.3) is 0 Å². The van der Waals surface area contributed by atoms with Gasteiger partial charge in [-0.1, -0.05) is 0 Å². The van der Waals surface area contributed by atoms with Crippen LogP contribution in [-0.4, -0.2) is 46.3 Å². The molecule has 0 aromatic carbocycles. The second-order valence-electron chi connectivity index (χ2n) is 3.76. The Bertz CT molecular complexity index is 348. The van der Waals surface area contributed by atoms with Gasteiger partial charge in [0.2, 0.25) is 0 Å². The number of H-pyrrole nitrogens is 1. The SMILES string of the molecule is CN1CCC(c2cc(C(=O)O)n[nH]2)C1. The van der Waals surface area contributed by atoms with Crippen LogP contribution in [0.4, 0.5) is 0 Å². The van der Waals surface area contributed by atoms with Crippen molar-refractivity contribution < 1.29 is 9.90 Å². The first-order chi connectivity index (χ1) is 6.66. The monoisotopic (exact) mass is 195 g/mol. The van der Waals surface area contributed by atoms with Crippen LogP contribution in [0.2, 0.25) is 0 Å². The molecular weight excluding hydrogens is 182 g/mol. The molecule has 1 saturated heterocycles. The fraction of sp³-hybridized carbons (Fsp3) is 0.556. The predicted molar refractivity (Wildman–Crippen MR) is 50.4 cm³/mol. The summed E-state index contributed by atoms with van der Waals surface area (Å²) in [6.07, 6.45) is 1.07. The molecule has 0 spiro atoms. The molecule has 1 aliphatic heterocycles. The molecule has 1 unspecified atom stereocenters. The summed E-state index contributed by atoms with van der Waals surface area (Å²) in [4.78, 5) is 12.8. The average Bonchev–Trinajstić information content (AvgIpc) is 2.70. The molecule has 1 fully saturated rings. The summed E-state index contributed by atoms with van der Waals surface area (Å²) in [5, 5.41) is 15.2. The number of likely N-dealkylation sites (N-methyl/N-ethyl adjacent to an activating group) is 1. The zero-order valence-electron chi connectivity index (χ0n) is 8.03. The van der Waals surface area contributed by atoms with Crippen LogP contribution in [0.5, 0.6) is 0 Å². The molecule has 2 rings (SSSR count). The molecule has 1 atom stereocenters. The van der Waals surface area contributed by atoms with Crippen LogP contribution in [0.1, 0.15) is 28.5 Å². The quantitative estimate of drug-likeness (QED) is 0.722. The molecule has 2 N–H and O–H groups in total. The van der Waals surface area contributed by atoms with E-state index in [0.717, 1.165) is 25.2 Å². The van der Waals surface area contributed by atoms with Crippen molar-refractivity contribution in [2.45, 2.75) is 12.3 Å². The maximum atomic E-state index is 10.6. The van der Waals surface area contributed by atoms with Gasteiger partial charge in [-0.3, -0.25) is 5.10 Å². The number of hydrogen-bond donors (Lipinski definition) is 2. The molecule has 0 saturated carbocycles. The average molecular weight is 195 g/mol. The predicted octanol–water partition coefficient (Wildman–Crippen LogP) is 0.527. The first-order valence-corrected chi connectivity index (χ1v) is 4.64. The number of carboxylic acid groups (broad SMARTS) is 1. The number of nitrogens with zero attached hydrogens (tertiary/aromatic N) is 2. The van der Waals surface area contributed by atoms with E-state index < -0.39 is 5.97 Å². The Morgan fingerprint density at radius 3 is 3.07 bits per heavy atom. The second-order valence-corrected chi connectivity index (χ2v) is 3.76. The van der Waals surface area contributed by atoms with Crippen molar-refractivity contribution in [3.8, 4) is 0 Å². The normalized spacial score (nSPS) is 22.8. The topological polar surface area (TPSA) is 69.2 Å². The van der Waals surface area contributed by atoms with Gasteiger partial charge in [0.25, 0.3) is 0 Å². The number of rotatable bonds is 2. The molecule has 0 amide bonds. The van der Waals surface area contributed by atoms with Crippen LogP contribution < -0.4 is 0 Å². The van der Waals surface area contributed by atoms with Crippen molar-refractivity contribution in [2.24, 2.45) is 0 Å². The van der Waals surface area contributed by atoms with E-state index in [9.17, 15) is 4.79 Å². The van der Waals surface area contributed by atoms with E-state index in [0.29, 0.717) is 5.92 Å². The van der Waals surface area contributed by atoms with Crippen LogP contribution in [-0.2, 0) is 0 Å². The number of hydrogen-bond acceptors (Lipinski definition) is 3. The van der Waals surface area contributed by atoms with Crippen LogP contribution in [0.3, 0.4) is 0 Å². The van der Waals surface area contributed by atoms with Gasteiger partial charge in [-0.2, -0.15) is 5.10 Å². The first kappa shape index (κ1) is 9.21. The van der Waals surface area contributed by atoms with E-state index >= 15 is 0 Å². The molecule has 2 heterocycles. The fourth-order valence-corrected chi connectivity index (χ4v) is 1.84. The van der Waals surface area contributed by atoms with Crippen molar-refractivity contribution in [1.29, 1.82) is 0 Å². The van der Waals surface area contributed by atoms with Crippen molar-refractivity contribution in [3.05, 3.63) is 17.5 Å². The minimum atomic E-state index is -0.973. The zero-order chi connectivity index (χ0) is 10.1. The Balaban J connectivity index is 2.13. The van der Waals surface area contributed by atoms with Crippen LogP contribution in [0, 0.1) is 0 Å². The molecule has 5 heteroatoms. The Morgan fingerprint density at radius 1 is 1.79 bits per heavy atom. The Hall–Kier alpha value is -1.36. The van der Waals surface area contributed by atoms with E-state index in [2.05, 4.69) is 22.1 Å². The van der Waals surface area contributed by atoms with Gasteiger partial charge in [0.1, 0.15) is 0 Å². The Kier molecular flexibility index (Phi) is 2.25. The molecule has 5 nitrogen and oxygen atoms in total. The molecule has 14 heavy (non-hydrogen) atoms. The van der Waals surface area contributed by atoms with Gasteiger partial charge in [0.05, 0.1) is 0 Å². The third-order valence-electron chi connectivity index (χ3n) is 2.65. The van der Waals surface area contributed by atoms with Gasteiger partial charge in [-0.25, -0.2) is 4.79 Å². The highest BCUT2D eigenvalue weighted by atomic mass is 16.4. The van der Waals surface area contributed by atoms with E-state index in [1.54, 1.807) is 6.07 Å². The van der Waals surface area contributed by atoms with Gasteiger partial charge >= 0.3 is 5.97 Å².